The van der Waals surface area contributed by atoms with Gasteiger partial charge in [0.25, 0.3) is 5.76 Å². The Labute approximate surface area is 118 Å². The number of benzene rings is 2. The van der Waals surface area contributed by atoms with Crippen LogP contribution in [0.2, 0.25) is 5.02 Å². The van der Waals surface area contributed by atoms with E-state index in [4.69, 9.17) is 11.6 Å². The number of carbonyl (C=O) groups is 1. The molecule has 0 aliphatic carbocycles. The zero-order valence-electron chi connectivity index (χ0n) is 9.65. The molecule has 0 aromatic heterocycles. The summed E-state index contributed by atoms with van der Waals surface area (Å²) in [5, 5.41) is 0.482. The van der Waals surface area contributed by atoms with Gasteiger partial charge in [0.15, 0.2) is 6.29 Å². The molecule has 0 N–H and O–H groups in total. The first-order valence-electron chi connectivity index (χ1n) is 5.40. The van der Waals surface area contributed by atoms with Gasteiger partial charge in [-0.1, -0.05) is 41.6 Å². The normalized spacial score (nSPS) is 10.7. The summed E-state index contributed by atoms with van der Waals surface area (Å²) < 4.78 is 24.4. The first-order valence-corrected chi connectivity index (χ1v) is 6.66. The van der Waals surface area contributed by atoms with Crippen LogP contribution in [0.4, 0.5) is 8.78 Å². The zero-order chi connectivity index (χ0) is 13.8. The lowest BCUT2D eigenvalue weighted by atomic mass is 10.0. The lowest BCUT2D eigenvalue weighted by molar-refractivity contribution is 0.112. The fraction of sp³-hybridized carbons (Fsp3) is 0.0714. The average molecular weight is 299 g/mol. The van der Waals surface area contributed by atoms with Crippen LogP contribution < -0.4 is 0 Å². The van der Waals surface area contributed by atoms with E-state index in [0.717, 1.165) is 17.4 Å². The van der Waals surface area contributed by atoms with Crippen LogP contribution in [-0.4, -0.2) is 12.0 Å². The Balaban J connectivity index is 2.34. The highest BCUT2D eigenvalue weighted by Crippen LogP contribution is 2.30. The predicted octanol–water partition coefficient (Wildman–Crippen LogP) is 5.13. The van der Waals surface area contributed by atoms with E-state index in [9.17, 15) is 13.6 Å². The van der Waals surface area contributed by atoms with E-state index in [1.54, 1.807) is 42.5 Å². The maximum absolute atomic E-state index is 12.2. The smallest absolute Gasteiger partial charge is 0.288 e. The molecule has 0 aliphatic heterocycles. The van der Waals surface area contributed by atoms with Gasteiger partial charge in [-0.3, -0.25) is 4.79 Å². The van der Waals surface area contributed by atoms with Crippen molar-refractivity contribution in [2.24, 2.45) is 0 Å². The Morgan fingerprint density at radius 1 is 1.11 bits per heavy atom. The van der Waals surface area contributed by atoms with Gasteiger partial charge in [0, 0.05) is 15.5 Å². The van der Waals surface area contributed by atoms with Gasteiger partial charge in [-0.2, -0.15) is 8.78 Å². The van der Waals surface area contributed by atoms with Crippen molar-refractivity contribution in [2.45, 2.75) is 10.7 Å². The molecule has 0 amide bonds. The minimum absolute atomic E-state index is 0.474. The lowest BCUT2D eigenvalue weighted by Gasteiger charge is -2.07. The molecule has 0 bridgehead atoms. The number of thioether (sulfide) groups is 1. The summed E-state index contributed by atoms with van der Waals surface area (Å²) in [5.74, 6) is -2.44. The van der Waals surface area contributed by atoms with Crippen LogP contribution in [0, 0.1) is 0 Å². The Morgan fingerprint density at radius 2 is 1.79 bits per heavy atom. The SMILES string of the molecule is O=Cc1cc(Cl)ccc1-c1ccc(SC(F)F)cc1. The van der Waals surface area contributed by atoms with Gasteiger partial charge in [-0.25, -0.2) is 0 Å². The second-order valence-electron chi connectivity index (χ2n) is 3.75. The summed E-state index contributed by atoms with van der Waals surface area (Å²) in [6, 6.07) is 11.6. The topological polar surface area (TPSA) is 17.1 Å². The van der Waals surface area contributed by atoms with Crippen molar-refractivity contribution < 1.29 is 13.6 Å². The third-order valence-electron chi connectivity index (χ3n) is 2.53. The van der Waals surface area contributed by atoms with Crippen molar-refractivity contribution in [3.05, 3.63) is 53.1 Å². The number of hydrogen-bond donors (Lipinski definition) is 0. The van der Waals surface area contributed by atoms with E-state index in [2.05, 4.69) is 0 Å². The first kappa shape index (κ1) is 14.0. The maximum atomic E-state index is 12.2. The van der Waals surface area contributed by atoms with E-state index < -0.39 is 5.76 Å². The lowest BCUT2D eigenvalue weighted by Crippen LogP contribution is -1.88. The summed E-state index contributed by atoms with van der Waals surface area (Å²) >= 11 is 6.31. The molecule has 2 aromatic rings. The Kier molecular flexibility index (Phi) is 4.56. The van der Waals surface area contributed by atoms with Gasteiger partial charge >= 0.3 is 0 Å². The summed E-state index contributed by atoms with van der Waals surface area (Å²) in [7, 11) is 0. The number of alkyl halides is 2. The molecule has 0 unspecified atom stereocenters. The fourth-order valence-corrected chi connectivity index (χ4v) is 2.39. The van der Waals surface area contributed by atoms with Gasteiger partial charge in [0.05, 0.1) is 0 Å². The predicted molar refractivity (Wildman–Crippen MR) is 74.1 cm³/mol. The van der Waals surface area contributed by atoms with Crippen LogP contribution >= 0.6 is 23.4 Å². The van der Waals surface area contributed by atoms with Crippen LogP contribution in [0.15, 0.2) is 47.4 Å². The zero-order valence-corrected chi connectivity index (χ0v) is 11.2. The molecular weight excluding hydrogens is 290 g/mol. The first-order chi connectivity index (χ1) is 9.10. The van der Waals surface area contributed by atoms with Gasteiger partial charge in [-0.05, 0) is 35.4 Å². The van der Waals surface area contributed by atoms with E-state index in [1.165, 1.54) is 0 Å². The number of halogens is 3. The van der Waals surface area contributed by atoms with Gasteiger partial charge in [-0.15, -0.1) is 0 Å². The van der Waals surface area contributed by atoms with E-state index in [-0.39, 0.29) is 0 Å². The van der Waals surface area contributed by atoms with Gasteiger partial charge in [0.1, 0.15) is 0 Å². The van der Waals surface area contributed by atoms with Crippen molar-refractivity contribution in [1.29, 1.82) is 0 Å². The molecule has 2 aromatic carbocycles. The summed E-state index contributed by atoms with van der Waals surface area (Å²) in [6.45, 7) is 0. The van der Waals surface area contributed by atoms with Crippen LogP contribution in [0.1, 0.15) is 10.4 Å². The quantitative estimate of drug-likeness (QED) is 0.574. The highest BCUT2D eigenvalue weighted by molar-refractivity contribution is 7.99. The monoisotopic (exact) mass is 298 g/mol. The highest BCUT2D eigenvalue weighted by Gasteiger charge is 2.08. The standard InChI is InChI=1S/C14H9ClF2OS/c15-11-3-6-13(10(7-11)8-18)9-1-4-12(5-2-9)19-14(16)17/h1-8,14H. The van der Waals surface area contributed by atoms with Crippen LogP contribution in [0.5, 0.6) is 0 Å². The third-order valence-corrected chi connectivity index (χ3v) is 3.49. The molecule has 2 rings (SSSR count). The maximum Gasteiger partial charge on any atom is 0.288 e. The molecule has 1 nitrogen and oxygen atoms in total. The molecule has 5 heteroatoms. The number of aldehydes is 1. The molecule has 0 radical (unpaired) electrons. The van der Waals surface area contributed by atoms with Crippen molar-refractivity contribution in [3.8, 4) is 11.1 Å². The van der Waals surface area contributed by atoms with Crippen LogP contribution in [0.3, 0.4) is 0 Å². The molecule has 0 saturated carbocycles. The van der Waals surface area contributed by atoms with Gasteiger partial charge in [0.2, 0.25) is 0 Å². The van der Waals surface area contributed by atoms with Crippen molar-refractivity contribution in [1.82, 2.24) is 0 Å². The molecule has 0 saturated heterocycles. The van der Waals surface area contributed by atoms with Gasteiger partial charge < -0.3 is 0 Å². The molecule has 0 spiro atoms. The van der Waals surface area contributed by atoms with E-state index >= 15 is 0 Å². The van der Waals surface area contributed by atoms with E-state index in [0.29, 0.717) is 27.2 Å². The second-order valence-corrected chi connectivity index (χ2v) is 5.25. The largest absolute Gasteiger partial charge is 0.298 e. The molecule has 0 heterocycles. The Hall–Kier alpha value is -1.39. The number of hydrogen-bond acceptors (Lipinski definition) is 2. The molecule has 98 valence electrons. The number of rotatable bonds is 4. The Bertz CT molecular complexity index is 584. The summed E-state index contributed by atoms with van der Waals surface area (Å²) in [6.07, 6.45) is 0.725. The summed E-state index contributed by atoms with van der Waals surface area (Å²) in [5.41, 5.74) is 1.99. The van der Waals surface area contributed by atoms with E-state index in [1.807, 2.05) is 0 Å². The molecule has 0 aliphatic rings. The highest BCUT2D eigenvalue weighted by atomic mass is 35.5. The third kappa shape index (κ3) is 3.55. The molecule has 0 fully saturated rings. The van der Waals surface area contributed by atoms with Crippen molar-refractivity contribution in [2.75, 3.05) is 0 Å². The van der Waals surface area contributed by atoms with Crippen LogP contribution in [0.25, 0.3) is 11.1 Å². The minimum atomic E-state index is -2.44. The molecule has 0 atom stereocenters. The number of carbonyl (C=O) groups excluding carboxylic acids is 1. The van der Waals surface area contributed by atoms with Crippen molar-refractivity contribution in [3.63, 3.8) is 0 Å². The second kappa shape index (κ2) is 6.17. The van der Waals surface area contributed by atoms with Crippen molar-refractivity contribution >= 4 is 29.6 Å². The molecular formula is C14H9ClF2OS. The fourth-order valence-electron chi connectivity index (χ4n) is 1.71. The van der Waals surface area contributed by atoms with Crippen LogP contribution in [-0.2, 0) is 0 Å². The average Bonchev–Trinajstić information content (AvgIpc) is 2.39. The summed E-state index contributed by atoms with van der Waals surface area (Å²) in [4.78, 5) is 11.5. The molecule has 19 heavy (non-hydrogen) atoms. The minimum Gasteiger partial charge on any atom is -0.298 e. The Morgan fingerprint density at radius 3 is 2.37 bits per heavy atom.